The van der Waals surface area contributed by atoms with Crippen LogP contribution in [-0.2, 0) is 9.53 Å². The lowest BCUT2D eigenvalue weighted by atomic mass is 9.77. The minimum absolute atomic E-state index is 0.0668. The molecule has 2 saturated heterocycles. The Morgan fingerprint density at radius 3 is 2.53 bits per heavy atom. The van der Waals surface area contributed by atoms with Crippen LogP contribution in [0.4, 0.5) is 0 Å². The van der Waals surface area contributed by atoms with Gasteiger partial charge in [-0.05, 0) is 38.0 Å². The number of halogens is 1. The minimum atomic E-state index is -0.533. The van der Waals surface area contributed by atoms with Crippen molar-refractivity contribution in [3.8, 4) is 17.0 Å². The van der Waals surface area contributed by atoms with Crippen molar-refractivity contribution in [2.24, 2.45) is 5.41 Å². The Morgan fingerprint density at radius 1 is 1.03 bits per heavy atom. The number of aryl methyl sites for hydroxylation is 1. The van der Waals surface area contributed by atoms with Crippen LogP contribution in [0.3, 0.4) is 0 Å². The van der Waals surface area contributed by atoms with E-state index in [4.69, 9.17) is 25.6 Å². The molecule has 1 aromatic heterocycles. The summed E-state index contributed by atoms with van der Waals surface area (Å²) in [6.07, 6.45) is 1.83. The number of carbonyl (C=O) groups is 2. The van der Waals surface area contributed by atoms with Gasteiger partial charge in [0.2, 0.25) is 5.91 Å². The molecule has 200 valence electrons. The van der Waals surface area contributed by atoms with Crippen molar-refractivity contribution in [3.63, 3.8) is 0 Å². The highest BCUT2D eigenvalue weighted by atomic mass is 35.5. The van der Waals surface area contributed by atoms with Crippen molar-refractivity contribution in [2.45, 2.75) is 26.2 Å². The predicted molar refractivity (Wildman–Crippen MR) is 143 cm³/mol. The van der Waals surface area contributed by atoms with Gasteiger partial charge in [-0.1, -0.05) is 53.2 Å². The van der Waals surface area contributed by atoms with Gasteiger partial charge in [0.15, 0.2) is 0 Å². The number of morpholine rings is 1. The quantitative estimate of drug-likeness (QED) is 0.428. The largest absolute Gasteiger partial charge is 0.493 e. The molecule has 0 spiro atoms. The predicted octanol–water partition coefficient (Wildman–Crippen LogP) is 4.85. The lowest BCUT2D eigenvalue weighted by Gasteiger charge is -2.43. The zero-order chi connectivity index (χ0) is 26.5. The summed E-state index contributed by atoms with van der Waals surface area (Å²) in [5.74, 6) is 1.06. The number of benzene rings is 2. The smallest absolute Gasteiger partial charge is 0.259 e. The first-order chi connectivity index (χ1) is 18.5. The van der Waals surface area contributed by atoms with Crippen LogP contribution >= 0.6 is 11.6 Å². The van der Waals surface area contributed by atoms with Crippen molar-refractivity contribution in [2.75, 3.05) is 46.0 Å². The van der Waals surface area contributed by atoms with Gasteiger partial charge in [0.25, 0.3) is 5.91 Å². The van der Waals surface area contributed by atoms with E-state index in [1.807, 2.05) is 58.3 Å². The van der Waals surface area contributed by atoms with E-state index in [0.29, 0.717) is 80.0 Å². The Balaban J connectivity index is 1.41. The highest BCUT2D eigenvalue weighted by Crippen LogP contribution is 2.38. The molecule has 5 rings (SSSR count). The number of piperidine rings is 1. The standard InChI is InChI=1S/C29H32ClN3O5/c1-21-26(27(31-38-21)23-10-5-6-11-24(23)30)28(35)33-13-7-12-29(19-33,20-37-22-8-3-2-4-9-22)18-25(34)32-14-16-36-17-15-32/h2-6,8-11H,7,12-20H2,1H3. The summed E-state index contributed by atoms with van der Waals surface area (Å²) >= 11 is 6.43. The second-order valence-electron chi connectivity index (χ2n) is 10.0. The zero-order valence-corrected chi connectivity index (χ0v) is 22.3. The van der Waals surface area contributed by atoms with Gasteiger partial charge in [-0.2, -0.15) is 0 Å². The Labute approximate surface area is 227 Å². The Bertz CT molecular complexity index is 1270. The van der Waals surface area contributed by atoms with Crippen LogP contribution in [0.15, 0.2) is 59.1 Å². The molecule has 1 unspecified atom stereocenters. The monoisotopic (exact) mass is 537 g/mol. The molecule has 3 heterocycles. The summed E-state index contributed by atoms with van der Waals surface area (Å²) in [6.45, 7) is 5.28. The average Bonchev–Trinajstić information content (AvgIpc) is 3.34. The summed E-state index contributed by atoms with van der Waals surface area (Å²) in [6, 6.07) is 16.8. The van der Waals surface area contributed by atoms with Crippen LogP contribution in [0, 0.1) is 12.3 Å². The van der Waals surface area contributed by atoms with Gasteiger partial charge in [0.1, 0.15) is 22.8 Å². The second kappa shape index (κ2) is 11.6. The van der Waals surface area contributed by atoms with Crippen molar-refractivity contribution in [1.29, 1.82) is 0 Å². The van der Waals surface area contributed by atoms with Crippen LogP contribution in [-0.4, -0.2) is 72.8 Å². The molecule has 0 aliphatic carbocycles. The van der Waals surface area contributed by atoms with E-state index in [0.717, 1.165) is 18.6 Å². The van der Waals surface area contributed by atoms with Gasteiger partial charge in [0, 0.05) is 43.6 Å². The molecular formula is C29H32ClN3O5. The van der Waals surface area contributed by atoms with Gasteiger partial charge in [0.05, 0.1) is 24.8 Å². The van der Waals surface area contributed by atoms with Gasteiger partial charge in [-0.3, -0.25) is 9.59 Å². The zero-order valence-electron chi connectivity index (χ0n) is 21.5. The van der Waals surface area contributed by atoms with Gasteiger partial charge < -0.3 is 23.8 Å². The maximum atomic E-state index is 14.0. The molecule has 2 fully saturated rings. The Morgan fingerprint density at radius 2 is 1.76 bits per heavy atom. The third-order valence-electron chi connectivity index (χ3n) is 7.33. The molecule has 1 atom stereocenters. The van der Waals surface area contributed by atoms with Gasteiger partial charge in [-0.15, -0.1) is 0 Å². The lowest BCUT2D eigenvalue weighted by molar-refractivity contribution is -0.139. The SMILES string of the molecule is Cc1onc(-c2ccccc2Cl)c1C(=O)N1CCCC(COc2ccccc2)(CC(=O)N2CCOCC2)C1. The molecule has 9 heteroatoms. The fourth-order valence-electron chi connectivity index (χ4n) is 5.31. The molecule has 2 amide bonds. The number of nitrogens with zero attached hydrogens (tertiary/aromatic N) is 3. The van der Waals surface area contributed by atoms with E-state index in [2.05, 4.69) is 5.16 Å². The summed E-state index contributed by atoms with van der Waals surface area (Å²) in [5.41, 5.74) is 0.943. The summed E-state index contributed by atoms with van der Waals surface area (Å²) in [7, 11) is 0. The van der Waals surface area contributed by atoms with Crippen LogP contribution in [0.1, 0.15) is 35.4 Å². The first kappa shape index (κ1) is 26.3. The average molecular weight is 538 g/mol. The molecule has 0 bridgehead atoms. The maximum Gasteiger partial charge on any atom is 0.259 e. The Hall–Kier alpha value is -3.36. The van der Waals surface area contributed by atoms with Crippen molar-refractivity contribution in [1.82, 2.24) is 15.0 Å². The van der Waals surface area contributed by atoms with Crippen molar-refractivity contribution in [3.05, 3.63) is 70.9 Å². The first-order valence-electron chi connectivity index (χ1n) is 13.0. The third kappa shape index (κ3) is 5.71. The van der Waals surface area contributed by atoms with Crippen LogP contribution < -0.4 is 4.74 Å². The molecule has 2 aliphatic rings. The molecule has 2 aliphatic heterocycles. The fraction of sp³-hybridized carbons (Fsp3) is 0.414. The second-order valence-corrected chi connectivity index (χ2v) is 10.5. The van der Waals surface area contributed by atoms with Gasteiger partial charge >= 0.3 is 0 Å². The molecule has 0 N–H and O–H groups in total. The van der Waals surface area contributed by atoms with E-state index in [9.17, 15) is 9.59 Å². The van der Waals surface area contributed by atoms with E-state index >= 15 is 0 Å². The molecule has 0 radical (unpaired) electrons. The van der Waals surface area contributed by atoms with Crippen LogP contribution in [0.25, 0.3) is 11.3 Å². The number of hydrogen-bond donors (Lipinski definition) is 0. The summed E-state index contributed by atoms with van der Waals surface area (Å²) in [5, 5.41) is 4.68. The molecule has 2 aromatic carbocycles. The molecule has 0 saturated carbocycles. The van der Waals surface area contributed by atoms with E-state index in [1.54, 1.807) is 13.0 Å². The number of likely N-dealkylation sites (tertiary alicyclic amines) is 1. The number of ether oxygens (including phenoxy) is 2. The number of amides is 2. The highest BCUT2D eigenvalue weighted by molar-refractivity contribution is 6.33. The fourth-order valence-corrected chi connectivity index (χ4v) is 5.54. The van der Waals surface area contributed by atoms with Gasteiger partial charge in [-0.25, -0.2) is 0 Å². The van der Waals surface area contributed by atoms with E-state index < -0.39 is 5.41 Å². The van der Waals surface area contributed by atoms with E-state index in [-0.39, 0.29) is 11.8 Å². The summed E-state index contributed by atoms with van der Waals surface area (Å²) < 4.78 is 17.1. The summed E-state index contributed by atoms with van der Waals surface area (Å²) in [4.78, 5) is 31.0. The number of rotatable bonds is 7. The van der Waals surface area contributed by atoms with Crippen molar-refractivity contribution >= 4 is 23.4 Å². The van der Waals surface area contributed by atoms with Crippen LogP contribution in [0.2, 0.25) is 5.02 Å². The topological polar surface area (TPSA) is 85.1 Å². The van der Waals surface area contributed by atoms with E-state index in [1.165, 1.54) is 0 Å². The number of carbonyl (C=O) groups excluding carboxylic acids is 2. The lowest BCUT2D eigenvalue weighted by Crippen LogP contribution is -2.52. The molecular weight excluding hydrogens is 506 g/mol. The highest BCUT2D eigenvalue weighted by Gasteiger charge is 2.42. The molecule has 8 nitrogen and oxygen atoms in total. The minimum Gasteiger partial charge on any atom is -0.493 e. The maximum absolute atomic E-state index is 14.0. The van der Waals surface area contributed by atoms with Crippen molar-refractivity contribution < 1.29 is 23.6 Å². The molecule has 3 aromatic rings. The number of para-hydroxylation sites is 1. The third-order valence-corrected chi connectivity index (χ3v) is 7.66. The Kier molecular flexibility index (Phi) is 8.00. The number of aromatic nitrogens is 1. The first-order valence-corrected chi connectivity index (χ1v) is 13.4. The van der Waals surface area contributed by atoms with Crippen LogP contribution in [0.5, 0.6) is 5.75 Å². The normalized spacial score (nSPS) is 19.8. The molecule has 38 heavy (non-hydrogen) atoms. The number of hydrogen-bond acceptors (Lipinski definition) is 6.